The number of hydrogen-bond donors (Lipinski definition) is 1. The van der Waals surface area contributed by atoms with E-state index in [1.54, 1.807) is 0 Å². The lowest BCUT2D eigenvalue weighted by Crippen LogP contribution is -2.30. The van der Waals surface area contributed by atoms with Gasteiger partial charge in [0.15, 0.2) is 0 Å². The summed E-state index contributed by atoms with van der Waals surface area (Å²) in [7, 11) is 0. The third-order valence-corrected chi connectivity index (χ3v) is 5.64. The van der Waals surface area contributed by atoms with Crippen LogP contribution < -0.4 is 5.32 Å². The Balaban J connectivity index is 1.30. The second-order valence-corrected chi connectivity index (χ2v) is 7.55. The summed E-state index contributed by atoms with van der Waals surface area (Å²) >= 11 is 0. The van der Waals surface area contributed by atoms with Crippen molar-refractivity contribution in [3.63, 3.8) is 0 Å². The van der Waals surface area contributed by atoms with Gasteiger partial charge < -0.3 is 5.32 Å². The molecule has 1 amide bonds. The van der Waals surface area contributed by atoms with E-state index in [9.17, 15) is 4.79 Å². The molecule has 29 heavy (non-hydrogen) atoms. The van der Waals surface area contributed by atoms with Crippen LogP contribution in [0.25, 0.3) is 11.0 Å². The van der Waals surface area contributed by atoms with E-state index >= 15 is 0 Å². The molecule has 0 aliphatic heterocycles. The van der Waals surface area contributed by atoms with Crippen molar-refractivity contribution in [1.82, 2.24) is 20.3 Å². The molecule has 1 aliphatic carbocycles. The normalized spacial score (nSPS) is 15.8. The number of benzene rings is 3. The molecule has 1 atom stereocenters. The van der Waals surface area contributed by atoms with Gasteiger partial charge in [0.2, 0.25) is 0 Å². The molecule has 1 N–H and O–H groups in total. The predicted octanol–water partition coefficient (Wildman–Crippen LogP) is 4.29. The number of nitrogens with one attached hydrogen (secondary N) is 1. The van der Waals surface area contributed by atoms with Crippen molar-refractivity contribution < 1.29 is 4.79 Å². The number of aryl methyl sites for hydroxylation is 1. The number of nitrogens with zero attached hydrogens (tertiary/aromatic N) is 3. The first-order valence-corrected chi connectivity index (χ1v) is 10.0. The second-order valence-electron chi connectivity index (χ2n) is 7.55. The molecule has 0 radical (unpaired) electrons. The summed E-state index contributed by atoms with van der Waals surface area (Å²) in [5.74, 6) is -0.0236. The summed E-state index contributed by atoms with van der Waals surface area (Å²) in [4.78, 5) is 12.8. The Morgan fingerprint density at radius 3 is 2.69 bits per heavy atom. The fraction of sp³-hybridized carbons (Fsp3) is 0.208. The van der Waals surface area contributed by atoms with Crippen LogP contribution in [-0.4, -0.2) is 20.9 Å². The molecule has 0 unspecified atom stereocenters. The third-order valence-electron chi connectivity index (χ3n) is 5.64. The van der Waals surface area contributed by atoms with Crippen LogP contribution in [0.4, 0.5) is 0 Å². The number of rotatable bonds is 4. The van der Waals surface area contributed by atoms with Gasteiger partial charge in [-0.2, -0.15) is 0 Å². The van der Waals surface area contributed by atoms with Gasteiger partial charge in [-0.25, -0.2) is 4.68 Å². The Kier molecular flexibility index (Phi) is 4.56. The quantitative estimate of drug-likeness (QED) is 0.573. The van der Waals surface area contributed by atoms with Crippen LogP contribution in [0.2, 0.25) is 0 Å². The van der Waals surface area contributed by atoms with Crippen molar-refractivity contribution in [2.75, 3.05) is 0 Å². The summed E-state index contributed by atoms with van der Waals surface area (Å²) in [6.45, 7) is 0.623. The zero-order chi connectivity index (χ0) is 19.6. The molecule has 1 heterocycles. The van der Waals surface area contributed by atoms with Crippen LogP contribution >= 0.6 is 0 Å². The molecule has 5 heteroatoms. The highest BCUT2D eigenvalue weighted by Gasteiger charge is 2.21. The monoisotopic (exact) mass is 382 g/mol. The predicted molar refractivity (Wildman–Crippen MR) is 113 cm³/mol. The Morgan fingerprint density at radius 2 is 1.79 bits per heavy atom. The van der Waals surface area contributed by atoms with E-state index < -0.39 is 0 Å². The Morgan fingerprint density at radius 1 is 1.00 bits per heavy atom. The van der Waals surface area contributed by atoms with Crippen LogP contribution in [0.5, 0.6) is 0 Å². The van der Waals surface area contributed by atoms with E-state index in [2.05, 4.69) is 33.8 Å². The van der Waals surface area contributed by atoms with E-state index in [1.165, 1.54) is 11.1 Å². The molecule has 1 aromatic heterocycles. The standard InChI is InChI=1S/C24H22N4O/c29-24(25-21-10-5-7-18-6-1-2-8-20(18)21)19-14-12-17(13-15-19)16-28-23-11-4-3-9-22(23)26-27-28/h1-4,6,8-9,11-15,21H,5,7,10,16H2,(H,25,29)/t21-/m1/s1. The van der Waals surface area contributed by atoms with Gasteiger partial charge in [0.25, 0.3) is 5.91 Å². The average molecular weight is 382 g/mol. The minimum atomic E-state index is -0.0236. The maximum Gasteiger partial charge on any atom is 0.251 e. The summed E-state index contributed by atoms with van der Waals surface area (Å²) < 4.78 is 1.88. The van der Waals surface area contributed by atoms with Gasteiger partial charge in [-0.1, -0.05) is 53.7 Å². The molecule has 0 bridgehead atoms. The molecule has 3 aromatic carbocycles. The number of hydrogen-bond acceptors (Lipinski definition) is 3. The van der Waals surface area contributed by atoms with Crippen molar-refractivity contribution in [3.8, 4) is 0 Å². The van der Waals surface area contributed by atoms with Crippen LogP contribution in [0, 0.1) is 0 Å². The van der Waals surface area contributed by atoms with Gasteiger partial charge >= 0.3 is 0 Å². The molecular weight excluding hydrogens is 360 g/mol. The first kappa shape index (κ1) is 17.6. The smallest absolute Gasteiger partial charge is 0.251 e. The lowest BCUT2D eigenvalue weighted by molar-refractivity contribution is 0.0932. The largest absolute Gasteiger partial charge is 0.345 e. The maximum atomic E-state index is 12.8. The molecule has 5 rings (SSSR count). The Bertz CT molecular complexity index is 1160. The molecular formula is C24H22N4O. The van der Waals surface area contributed by atoms with E-state index in [-0.39, 0.29) is 11.9 Å². The molecule has 0 spiro atoms. The molecule has 0 fully saturated rings. The van der Waals surface area contributed by atoms with Gasteiger partial charge in [-0.05, 0) is 60.2 Å². The highest BCUT2D eigenvalue weighted by Crippen LogP contribution is 2.29. The zero-order valence-electron chi connectivity index (χ0n) is 16.1. The first-order valence-electron chi connectivity index (χ1n) is 10.0. The van der Waals surface area contributed by atoms with Crippen molar-refractivity contribution in [2.24, 2.45) is 0 Å². The molecule has 1 aliphatic rings. The van der Waals surface area contributed by atoms with Gasteiger partial charge in [0.05, 0.1) is 18.1 Å². The summed E-state index contributed by atoms with van der Waals surface area (Å²) in [6, 6.07) is 24.2. The van der Waals surface area contributed by atoms with Crippen molar-refractivity contribution in [2.45, 2.75) is 31.8 Å². The first-order chi connectivity index (χ1) is 14.3. The molecule has 144 valence electrons. The zero-order valence-corrected chi connectivity index (χ0v) is 16.1. The Labute approximate surface area is 169 Å². The van der Waals surface area contributed by atoms with E-state index in [4.69, 9.17) is 0 Å². The summed E-state index contributed by atoms with van der Waals surface area (Å²) in [5, 5.41) is 11.6. The molecule has 5 nitrogen and oxygen atoms in total. The maximum absolute atomic E-state index is 12.8. The number of amides is 1. The number of para-hydroxylation sites is 1. The highest BCUT2D eigenvalue weighted by molar-refractivity contribution is 5.94. The minimum Gasteiger partial charge on any atom is -0.345 e. The summed E-state index contributed by atoms with van der Waals surface area (Å²) in [6.07, 6.45) is 3.18. The minimum absolute atomic E-state index is 0.0236. The number of carbonyl (C=O) groups excluding carboxylic acids is 1. The van der Waals surface area contributed by atoms with Gasteiger partial charge in [-0.15, -0.1) is 5.10 Å². The van der Waals surface area contributed by atoms with Crippen LogP contribution in [0.1, 0.15) is 45.9 Å². The van der Waals surface area contributed by atoms with Gasteiger partial charge in [-0.3, -0.25) is 4.79 Å². The Hall–Kier alpha value is -3.47. The van der Waals surface area contributed by atoms with E-state index in [0.29, 0.717) is 12.1 Å². The topological polar surface area (TPSA) is 59.8 Å². The van der Waals surface area contributed by atoms with Crippen molar-refractivity contribution in [3.05, 3.63) is 95.1 Å². The second kappa shape index (κ2) is 7.51. The number of fused-ring (bicyclic) bond motifs is 2. The SMILES string of the molecule is O=C(N[C@@H]1CCCc2ccccc21)c1ccc(Cn2nnc3ccccc32)cc1. The van der Waals surface area contributed by atoms with Crippen LogP contribution in [0.3, 0.4) is 0 Å². The number of aromatic nitrogens is 3. The lowest BCUT2D eigenvalue weighted by atomic mass is 9.87. The number of carbonyl (C=O) groups is 1. The fourth-order valence-corrected chi connectivity index (χ4v) is 4.11. The molecule has 0 saturated carbocycles. The van der Waals surface area contributed by atoms with Crippen molar-refractivity contribution in [1.29, 1.82) is 0 Å². The van der Waals surface area contributed by atoms with E-state index in [0.717, 1.165) is 35.9 Å². The average Bonchev–Trinajstić information content (AvgIpc) is 3.17. The highest BCUT2D eigenvalue weighted by atomic mass is 16.1. The molecule has 0 saturated heterocycles. The van der Waals surface area contributed by atoms with E-state index in [1.807, 2.05) is 59.3 Å². The lowest BCUT2D eigenvalue weighted by Gasteiger charge is -2.26. The van der Waals surface area contributed by atoms with Crippen LogP contribution in [0.15, 0.2) is 72.8 Å². The fourth-order valence-electron chi connectivity index (χ4n) is 4.11. The third kappa shape index (κ3) is 3.51. The molecule has 4 aromatic rings. The van der Waals surface area contributed by atoms with Crippen LogP contribution in [-0.2, 0) is 13.0 Å². The summed E-state index contributed by atoms with van der Waals surface area (Å²) in [5.41, 5.74) is 6.25. The van der Waals surface area contributed by atoms with Gasteiger partial charge in [0, 0.05) is 5.56 Å². The van der Waals surface area contributed by atoms with Gasteiger partial charge in [0.1, 0.15) is 5.52 Å². The van der Waals surface area contributed by atoms with Crippen molar-refractivity contribution >= 4 is 16.9 Å².